The van der Waals surface area contributed by atoms with Crippen LogP contribution < -0.4 is 10.6 Å². The third-order valence-electron chi connectivity index (χ3n) is 8.57. The molecule has 5 nitrogen and oxygen atoms in total. The van der Waals surface area contributed by atoms with Crippen LogP contribution in [0.3, 0.4) is 0 Å². The van der Waals surface area contributed by atoms with Crippen LogP contribution in [0.15, 0.2) is 142 Å². The van der Waals surface area contributed by atoms with Gasteiger partial charge in [0.2, 0.25) is 0 Å². The molecule has 5 heteroatoms. The monoisotopic (exact) mass is 554 g/mol. The van der Waals surface area contributed by atoms with Gasteiger partial charge in [0.05, 0.1) is 0 Å². The molecule has 0 aliphatic carbocycles. The van der Waals surface area contributed by atoms with Gasteiger partial charge in [0.1, 0.15) is 29.1 Å². The largest absolute Gasteiger partial charge is 0.456 e. The van der Waals surface area contributed by atoms with E-state index in [2.05, 4.69) is 114 Å². The minimum atomic E-state index is -0.414. The second-order valence-electron chi connectivity index (χ2n) is 11.1. The lowest BCUT2D eigenvalue weighted by atomic mass is 9.97. The Hall–Kier alpha value is -5.68. The number of furan rings is 1. The lowest BCUT2D eigenvalue weighted by Gasteiger charge is -2.29. The molecule has 0 radical (unpaired) electrons. The van der Waals surface area contributed by atoms with E-state index in [0.29, 0.717) is 0 Å². The zero-order valence-corrected chi connectivity index (χ0v) is 23.2. The van der Waals surface area contributed by atoms with E-state index in [1.165, 1.54) is 32.3 Å². The Bertz CT molecular complexity index is 2330. The van der Waals surface area contributed by atoms with Gasteiger partial charge in [-0.25, -0.2) is 9.98 Å². The third-order valence-corrected chi connectivity index (χ3v) is 8.57. The van der Waals surface area contributed by atoms with Crippen LogP contribution in [0.4, 0.5) is 0 Å². The van der Waals surface area contributed by atoms with Gasteiger partial charge in [0.15, 0.2) is 6.17 Å². The minimum absolute atomic E-state index is 0.221. The summed E-state index contributed by atoms with van der Waals surface area (Å²) in [6.07, 6.45) is 3.51. The van der Waals surface area contributed by atoms with Crippen molar-refractivity contribution in [2.45, 2.75) is 12.2 Å². The Morgan fingerprint density at radius 2 is 1.35 bits per heavy atom. The van der Waals surface area contributed by atoms with Crippen molar-refractivity contribution in [2.24, 2.45) is 9.98 Å². The SMILES string of the molecule is C1=Cc2oc3ccccc3c2C(C2=NC(c3ccc4c(ccc5ccccc54)c3)N=C(c3ccc4ccccc4c3)N2)N1. The third kappa shape index (κ3) is 3.93. The van der Waals surface area contributed by atoms with E-state index < -0.39 is 6.17 Å². The van der Waals surface area contributed by atoms with Crippen LogP contribution >= 0.6 is 0 Å². The van der Waals surface area contributed by atoms with E-state index in [-0.39, 0.29) is 6.04 Å². The first-order valence-electron chi connectivity index (χ1n) is 14.6. The van der Waals surface area contributed by atoms with Gasteiger partial charge in [0.25, 0.3) is 0 Å². The molecule has 0 saturated carbocycles. The highest BCUT2D eigenvalue weighted by Crippen LogP contribution is 2.37. The molecule has 0 fully saturated rings. The number of aliphatic imine (C=N–C) groups is 2. The van der Waals surface area contributed by atoms with Crippen molar-refractivity contribution in [1.29, 1.82) is 0 Å². The maximum absolute atomic E-state index is 6.23. The highest BCUT2D eigenvalue weighted by Gasteiger charge is 2.31. The summed E-state index contributed by atoms with van der Waals surface area (Å²) in [7, 11) is 0. The van der Waals surface area contributed by atoms with Gasteiger partial charge in [-0.1, -0.05) is 103 Å². The van der Waals surface area contributed by atoms with Gasteiger partial charge in [-0.3, -0.25) is 0 Å². The highest BCUT2D eigenvalue weighted by atomic mass is 16.3. The fourth-order valence-corrected chi connectivity index (χ4v) is 6.46. The van der Waals surface area contributed by atoms with Crippen LogP contribution in [0.5, 0.6) is 0 Å². The summed E-state index contributed by atoms with van der Waals surface area (Å²) >= 11 is 0. The van der Waals surface area contributed by atoms with E-state index in [4.69, 9.17) is 14.4 Å². The van der Waals surface area contributed by atoms with Crippen molar-refractivity contribution in [3.63, 3.8) is 0 Å². The molecule has 0 bridgehead atoms. The van der Waals surface area contributed by atoms with Crippen molar-refractivity contribution in [1.82, 2.24) is 10.6 Å². The van der Waals surface area contributed by atoms with Crippen LogP contribution in [-0.2, 0) is 0 Å². The standard InChI is InChI=1S/C38H26N4O/c1-2-9-25-21-27(16-13-23(25)7-1)36-40-37(28-17-18-30-26(22-28)15-14-24-8-3-4-10-29(24)30)42-38(41-36)35-34-31-11-5-6-12-32(31)43-33(34)19-20-39-35/h1-22,35,37,39H,(H,40,41,42). The fraction of sp³-hybridized carbons (Fsp3) is 0.0526. The molecule has 3 heterocycles. The van der Waals surface area contributed by atoms with Crippen LogP contribution in [0.25, 0.3) is 49.4 Å². The molecular weight excluding hydrogens is 528 g/mol. The quantitative estimate of drug-likeness (QED) is 0.215. The Balaban J connectivity index is 1.20. The Morgan fingerprint density at radius 1 is 0.605 bits per heavy atom. The van der Waals surface area contributed by atoms with Crippen molar-refractivity contribution in [3.05, 3.63) is 150 Å². The normalized spacial score (nSPS) is 17.9. The summed E-state index contributed by atoms with van der Waals surface area (Å²) < 4.78 is 6.23. The predicted molar refractivity (Wildman–Crippen MR) is 176 cm³/mol. The van der Waals surface area contributed by atoms with E-state index >= 15 is 0 Å². The van der Waals surface area contributed by atoms with Gasteiger partial charge in [-0.05, 0) is 62.2 Å². The fourth-order valence-electron chi connectivity index (χ4n) is 6.46. The Kier molecular flexibility index (Phi) is 5.26. The molecular formula is C38H26N4O. The number of hydrogen-bond donors (Lipinski definition) is 2. The van der Waals surface area contributed by atoms with Crippen LogP contribution in [0, 0.1) is 0 Å². The maximum Gasteiger partial charge on any atom is 0.169 e. The van der Waals surface area contributed by atoms with E-state index in [1.54, 1.807) is 0 Å². The molecule has 0 saturated heterocycles. The molecule has 1 aromatic heterocycles. The number of hydrogen-bond acceptors (Lipinski definition) is 5. The maximum atomic E-state index is 6.23. The number of fused-ring (bicyclic) bond motifs is 7. The Morgan fingerprint density at radius 3 is 2.28 bits per heavy atom. The van der Waals surface area contributed by atoms with Crippen LogP contribution in [-0.4, -0.2) is 11.7 Å². The van der Waals surface area contributed by atoms with E-state index in [1.807, 2.05) is 30.5 Å². The Labute approximate surface area is 247 Å². The van der Waals surface area contributed by atoms with Crippen molar-refractivity contribution >= 4 is 61.0 Å². The zero-order chi connectivity index (χ0) is 28.3. The van der Waals surface area contributed by atoms with Crippen molar-refractivity contribution in [3.8, 4) is 0 Å². The zero-order valence-electron chi connectivity index (χ0n) is 23.2. The minimum Gasteiger partial charge on any atom is -0.456 e. The molecule has 2 N–H and O–H groups in total. The lowest BCUT2D eigenvalue weighted by molar-refractivity contribution is 0.585. The van der Waals surface area contributed by atoms with Crippen molar-refractivity contribution < 1.29 is 4.42 Å². The van der Waals surface area contributed by atoms with Gasteiger partial charge in [-0.2, -0.15) is 0 Å². The highest BCUT2D eigenvalue weighted by molar-refractivity contribution is 6.14. The van der Waals surface area contributed by atoms with Gasteiger partial charge >= 0.3 is 0 Å². The summed E-state index contributed by atoms with van der Waals surface area (Å²) in [5, 5.41) is 15.5. The van der Waals surface area contributed by atoms with E-state index in [0.717, 1.165) is 45.1 Å². The second kappa shape index (κ2) is 9.43. The second-order valence-corrected chi connectivity index (χ2v) is 11.1. The molecule has 0 amide bonds. The summed E-state index contributed by atoms with van der Waals surface area (Å²) in [6.45, 7) is 0. The molecule has 7 aromatic rings. The number of rotatable bonds is 3. The van der Waals surface area contributed by atoms with Crippen molar-refractivity contribution in [2.75, 3.05) is 0 Å². The lowest BCUT2D eigenvalue weighted by Crippen LogP contribution is -2.43. The molecule has 2 aliphatic rings. The molecule has 2 atom stereocenters. The molecule has 2 unspecified atom stereocenters. The molecule has 204 valence electrons. The summed E-state index contributed by atoms with van der Waals surface area (Å²) in [6, 6.07) is 42.3. The number of nitrogens with zero attached hydrogens (tertiary/aromatic N) is 2. The predicted octanol–water partition coefficient (Wildman–Crippen LogP) is 8.65. The molecule has 2 aliphatic heterocycles. The summed E-state index contributed by atoms with van der Waals surface area (Å²) in [4.78, 5) is 10.4. The number of benzene rings is 6. The van der Waals surface area contributed by atoms with Gasteiger partial charge in [-0.15, -0.1) is 0 Å². The molecule has 6 aromatic carbocycles. The average molecular weight is 555 g/mol. The topological polar surface area (TPSA) is 61.9 Å². The summed E-state index contributed by atoms with van der Waals surface area (Å²) in [5.74, 6) is 2.45. The van der Waals surface area contributed by atoms with Crippen LogP contribution in [0.2, 0.25) is 0 Å². The smallest absolute Gasteiger partial charge is 0.169 e. The molecule has 9 rings (SSSR count). The van der Waals surface area contributed by atoms with Gasteiger partial charge < -0.3 is 15.1 Å². The average Bonchev–Trinajstić information content (AvgIpc) is 3.46. The van der Waals surface area contributed by atoms with Crippen LogP contribution in [0.1, 0.15) is 34.7 Å². The first kappa shape index (κ1) is 24.0. The first-order chi connectivity index (χ1) is 21.3. The molecule has 0 spiro atoms. The summed E-state index contributed by atoms with van der Waals surface area (Å²) in [5.41, 5.74) is 4.01. The van der Waals surface area contributed by atoms with E-state index in [9.17, 15) is 0 Å². The van der Waals surface area contributed by atoms with Gasteiger partial charge in [0, 0.05) is 22.7 Å². The molecule has 43 heavy (non-hydrogen) atoms. The number of amidine groups is 2. The number of para-hydroxylation sites is 1. The number of nitrogens with one attached hydrogen (secondary N) is 2. The first-order valence-corrected chi connectivity index (χ1v) is 14.6.